The summed E-state index contributed by atoms with van der Waals surface area (Å²) < 4.78 is 0. The van der Waals surface area contributed by atoms with E-state index in [0.29, 0.717) is 11.8 Å². The summed E-state index contributed by atoms with van der Waals surface area (Å²) in [4.78, 5) is 10.7. The lowest BCUT2D eigenvalue weighted by atomic mass is 9.88. The van der Waals surface area contributed by atoms with E-state index in [1.54, 1.807) is 6.92 Å². The number of hydrogen-bond acceptors (Lipinski definition) is 2. The lowest BCUT2D eigenvalue weighted by Gasteiger charge is -2.29. The van der Waals surface area contributed by atoms with Crippen molar-refractivity contribution >= 4 is 5.91 Å². The van der Waals surface area contributed by atoms with Crippen LogP contribution < -0.4 is 10.6 Å². The fraction of sp³-hybridized carbons (Fsp3) is 0.889. The Morgan fingerprint density at radius 3 is 3.00 bits per heavy atom. The maximum Gasteiger partial charge on any atom is 0.216 e. The Kier molecular flexibility index (Phi) is 3.53. The van der Waals surface area contributed by atoms with Crippen LogP contribution in [0.25, 0.3) is 0 Å². The molecule has 3 heteroatoms. The van der Waals surface area contributed by atoms with Gasteiger partial charge in [0.2, 0.25) is 5.91 Å². The number of carbonyl (C=O) groups is 1. The molecule has 1 saturated heterocycles. The number of amides is 1. The van der Waals surface area contributed by atoms with E-state index in [4.69, 9.17) is 0 Å². The fourth-order valence-electron chi connectivity index (χ4n) is 1.65. The van der Waals surface area contributed by atoms with Crippen LogP contribution in [0.1, 0.15) is 20.3 Å². The molecule has 0 spiro atoms. The van der Waals surface area contributed by atoms with E-state index < -0.39 is 0 Å². The Morgan fingerprint density at radius 1 is 1.67 bits per heavy atom. The average Bonchev–Trinajstić information content (AvgIpc) is 2.03. The number of piperidine rings is 1. The summed E-state index contributed by atoms with van der Waals surface area (Å²) in [7, 11) is 0. The van der Waals surface area contributed by atoms with Crippen LogP contribution in [-0.4, -0.2) is 25.5 Å². The maximum atomic E-state index is 10.7. The highest BCUT2D eigenvalue weighted by Crippen LogP contribution is 2.17. The predicted molar refractivity (Wildman–Crippen MR) is 48.8 cm³/mol. The fourth-order valence-corrected chi connectivity index (χ4v) is 1.65. The van der Waals surface area contributed by atoms with Gasteiger partial charge in [0.05, 0.1) is 0 Å². The van der Waals surface area contributed by atoms with Crippen molar-refractivity contribution in [1.82, 2.24) is 10.6 Å². The second-order valence-corrected chi connectivity index (χ2v) is 3.67. The molecule has 12 heavy (non-hydrogen) atoms. The van der Waals surface area contributed by atoms with E-state index >= 15 is 0 Å². The molecule has 1 rings (SSSR count). The molecule has 0 aromatic heterocycles. The van der Waals surface area contributed by atoms with Crippen LogP contribution in [0, 0.1) is 11.8 Å². The molecule has 0 bridgehead atoms. The zero-order valence-corrected chi connectivity index (χ0v) is 7.89. The van der Waals surface area contributed by atoms with Gasteiger partial charge in [-0.15, -0.1) is 0 Å². The summed E-state index contributed by atoms with van der Waals surface area (Å²) in [5.74, 6) is 1.43. The van der Waals surface area contributed by atoms with Crippen molar-refractivity contribution in [2.75, 3.05) is 19.6 Å². The number of hydrogen-bond donors (Lipinski definition) is 2. The van der Waals surface area contributed by atoms with Crippen molar-refractivity contribution in [1.29, 1.82) is 0 Å². The van der Waals surface area contributed by atoms with Crippen LogP contribution in [0.15, 0.2) is 0 Å². The Bertz CT molecular complexity index is 159. The molecule has 0 aromatic carbocycles. The Morgan fingerprint density at radius 2 is 2.42 bits per heavy atom. The third-order valence-corrected chi connectivity index (χ3v) is 2.58. The highest BCUT2D eigenvalue weighted by atomic mass is 16.1. The minimum atomic E-state index is 0.0840. The van der Waals surface area contributed by atoms with Gasteiger partial charge in [-0.05, 0) is 31.3 Å². The number of nitrogens with one attached hydrogen (secondary N) is 2. The van der Waals surface area contributed by atoms with E-state index in [1.807, 2.05) is 0 Å². The molecule has 2 N–H and O–H groups in total. The van der Waals surface area contributed by atoms with E-state index in [-0.39, 0.29) is 5.91 Å². The van der Waals surface area contributed by atoms with Gasteiger partial charge in [-0.25, -0.2) is 0 Å². The Labute approximate surface area is 73.9 Å². The second kappa shape index (κ2) is 4.45. The maximum absolute atomic E-state index is 10.7. The summed E-state index contributed by atoms with van der Waals surface area (Å²) in [6.07, 6.45) is 1.18. The van der Waals surface area contributed by atoms with Gasteiger partial charge in [-0.3, -0.25) is 4.79 Å². The van der Waals surface area contributed by atoms with Gasteiger partial charge in [0, 0.05) is 13.5 Å². The molecule has 0 radical (unpaired) electrons. The first-order valence-electron chi connectivity index (χ1n) is 4.65. The molecule has 3 nitrogen and oxygen atoms in total. The third kappa shape index (κ3) is 2.81. The van der Waals surface area contributed by atoms with Crippen molar-refractivity contribution in [3.05, 3.63) is 0 Å². The van der Waals surface area contributed by atoms with Gasteiger partial charge in [0.15, 0.2) is 0 Å². The minimum absolute atomic E-state index is 0.0840. The quantitative estimate of drug-likeness (QED) is 0.628. The van der Waals surface area contributed by atoms with Crippen molar-refractivity contribution in [3.8, 4) is 0 Å². The monoisotopic (exact) mass is 170 g/mol. The molecule has 1 aliphatic rings. The summed E-state index contributed by atoms with van der Waals surface area (Å²) >= 11 is 0. The van der Waals surface area contributed by atoms with Crippen LogP contribution in [0.2, 0.25) is 0 Å². The normalized spacial score (nSPS) is 29.8. The van der Waals surface area contributed by atoms with Crippen LogP contribution in [0.3, 0.4) is 0 Å². The van der Waals surface area contributed by atoms with E-state index in [1.165, 1.54) is 6.42 Å². The van der Waals surface area contributed by atoms with Gasteiger partial charge >= 0.3 is 0 Å². The minimum Gasteiger partial charge on any atom is -0.356 e. The van der Waals surface area contributed by atoms with Crippen molar-refractivity contribution in [2.45, 2.75) is 20.3 Å². The first kappa shape index (κ1) is 9.52. The molecule has 1 aliphatic heterocycles. The van der Waals surface area contributed by atoms with Gasteiger partial charge in [-0.1, -0.05) is 6.92 Å². The molecule has 2 atom stereocenters. The van der Waals surface area contributed by atoms with Crippen molar-refractivity contribution < 1.29 is 4.79 Å². The lowest BCUT2D eigenvalue weighted by Crippen LogP contribution is -2.40. The van der Waals surface area contributed by atoms with Crippen LogP contribution in [0.4, 0.5) is 0 Å². The molecule has 1 fully saturated rings. The van der Waals surface area contributed by atoms with Crippen LogP contribution >= 0.6 is 0 Å². The topological polar surface area (TPSA) is 41.1 Å². The zero-order chi connectivity index (χ0) is 8.97. The smallest absolute Gasteiger partial charge is 0.216 e. The third-order valence-electron chi connectivity index (χ3n) is 2.58. The predicted octanol–water partition coefficient (Wildman–Crippen LogP) is 0.368. The molecule has 0 aromatic rings. The van der Waals surface area contributed by atoms with E-state index in [0.717, 1.165) is 19.6 Å². The second-order valence-electron chi connectivity index (χ2n) is 3.67. The van der Waals surface area contributed by atoms with Crippen molar-refractivity contribution in [2.24, 2.45) is 11.8 Å². The first-order valence-corrected chi connectivity index (χ1v) is 4.65. The highest BCUT2D eigenvalue weighted by molar-refractivity contribution is 5.72. The van der Waals surface area contributed by atoms with Gasteiger partial charge in [-0.2, -0.15) is 0 Å². The molecule has 0 saturated carbocycles. The molecule has 2 unspecified atom stereocenters. The van der Waals surface area contributed by atoms with Gasteiger partial charge in [0.25, 0.3) is 0 Å². The molecule has 0 aliphatic carbocycles. The van der Waals surface area contributed by atoms with Gasteiger partial charge < -0.3 is 10.6 Å². The number of rotatable bonds is 2. The summed E-state index contributed by atoms with van der Waals surface area (Å²) in [5.41, 5.74) is 0. The zero-order valence-electron chi connectivity index (χ0n) is 7.89. The summed E-state index contributed by atoms with van der Waals surface area (Å²) in [6, 6.07) is 0. The lowest BCUT2D eigenvalue weighted by molar-refractivity contribution is -0.119. The molecule has 1 amide bonds. The first-order chi connectivity index (χ1) is 5.70. The van der Waals surface area contributed by atoms with Crippen LogP contribution in [-0.2, 0) is 4.79 Å². The SMILES string of the molecule is CC(=O)NCC1CCNCC1C. The molecular weight excluding hydrogens is 152 g/mol. The Hall–Kier alpha value is -0.570. The highest BCUT2D eigenvalue weighted by Gasteiger charge is 2.20. The molecule has 70 valence electrons. The summed E-state index contributed by atoms with van der Waals surface area (Å²) in [5, 5.41) is 6.22. The number of carbonyl (C=O) groups excluding carboxylic acids is 1. The molecular formula is C9H18N2O. The van der Waals surface area contributed by atoms with Crippen LogP contribution in [0.5, 0.6) is 0 Å². The van der Waals surface area contributed by atoms with Crippen molar-refractivity contribution in [3.63, 3.8) is 0 Å². The van der Waals surface area contributed by atoms with E-state index in [2.05, 4.69) is 17.6 Å². The largest absolute Gasteiger partial charge is 0.356 e. The Balaban J connectivity index is 2.24. The van der Waals surface area contributed by atoms with Gasteiger partial charge in [0.1, 0.15) is 0 Å². The van der Waals surface area contributed by atoms with E-state index in [9.17, 15) is 4.79 Å². The summed E-state index contributed by atoms with van der Waals surface area (Å²) in [6.45, 7) is 6.83. The average molecular weight is 170 g/mol. The molecule has 1 heterocycles. The standard InChI is InChI=1S/C9H18N2O/c1-7-5-10-4-3-9(7)6-11-8(2)12/h7,9-10H,3-6H2,1-2H3,(H,11,12).